The average molecular weight is 289 g/mol. The Morgan fingerprint density at radius 2 is 2.10 bits per heavy atom. The molecule has 0 aliphatic carbocycles. The van der Waals surface area contributed by atoms with Gasteiger partial charge in [-0.1, -0.05) is 0 Å². The van der Waals surface area contributed by atoms with Gasteiger partial charge in [0.25, 0.3) is 5.91 Å². The number of carboxylic acids is 1. The summed E-state index contributed by atoms with van der Waals surface area (Å²) >= 11 is 1.53. The SMILES string of the molecule is O=C(O)C1c2ccsc2CCN1C(=O)c1cncnc1. The molecule has 0 fully saturated rings. The van der Waals surface area contributed by atoms with E-state index in [1.807, 2.05) is 5.38 Å². The summed E-state index contributed by atoms with van der Waals surface area (Å²) in [4.78, 5) is 34.0. The van der Waals surface area contributed by atoms with Crippen LogP contribution >= 0.6 is 11.3 Å². The molecule has 1 aliphatic rings. The molecule has 0 saturated heterocycles. The number of aromatic nitrogens is 2. The normalized spacial score (nSPS) is 17.6. The van der Waals surface area contributed by atoms with E-state index in [0.717, 1.165) is 4.88 Å². The molecule has 3 rings (SSSR count). The number of carbonyl (C=O) groups is 2. The predicted octanol–water partition coefficient (Wildman–Crippen LogP) is 1.36. The summed E-state index contributed by atoms with van der Waals surface area (Å²) in [6, 6.07) is 0.845. The quantitative estimate of drug-likeness (QED) is 0.902. The van der Waals surface area contributed by atoms with Gasteiger partial charge in [-0.15, -0.1) is 11.3 Å². The summed E-state index contributed by atoms with van der Waals surface area (Å²) in [6.45, 7) is 0.387. The van der Waals surface area contributed by atoms with Crippen LogP contribution in [-0.4, -0.2) is 38.4 Å². The minimum absolute atomic E-state index is 0.303. The number of hydrogen-bond acceptors (Lipinski definition) is 5. The Morgan fingerprint density at radius 1 is 1.35 bits per heavy atom. The van der Waals surface area contributed by atoms with Crippen molar-refractivity contribution in [3.63, 3.8) is 0 Å². The zero-order valence-electron chi connectivity index (χ0n) is 10.4. The fourth-order valence-corrected chi connectivity index (χ4v) is 3.28. The second kappa shape index (κ2) is 5.01. The second-order valence-electron chi connectivity index (χ2n) is 4.42. The Morgan fingerprint density at radius 3 is 2.80 bits per heavy atom. The fraction of sp³-hybridized carbons (Fsp3) is 0.231. The number of amides is 1. The molecular formula is C13H11N3O3S. The topological polar surface area (TPSA) is 83.4 Å². The van der Waals surface area contributed by atoms with Crippen LogP contribution in [0.1, 0.15) is 26.8 Å². The number of thiophene rings is 1. The maximum Gasteiger partial charge on any atom is 0.331 e. The Balaban J connectivity index is 1.98. The molecule has 0 aromatic carbocycles. The molecule has 0 bridgehead atoms. The second-order valence-corrected chi connectivity index (χ2v) is 5.42. The van der Waals surface area contributed by atoms with Crippen LogP contribution in [0.2, 0.25) is 0 Å². The molecule has 1 unspecified atom stereocenters. The molecule has 2 aromatic rings. The first-order valence-corrected chi connectivity index (χ1v) is 6.91. The van der Waals surface area contributed by atoms with E-state index < -0.39 is 12.0 Å². The highest BCUT2D eigenvalue weighted by Gasteiger charge is 2.37. The molecule has 2 aromatic heterocycles. The Labute approximate surface area is 118 Å². The summed E-state index contributed by atoms with van der Waals surface area (Å²) in [5, 5.41) is 11.3. The first-order valence-electron chi connectivity index (χ1n) is 6.03. The van der Waals surface area contributed by atoms with Crippen molar-refractivity contribution in [3.05, 3.63) is 46.2 Å². The smallest absolute Gasteiger partial charge is 0.331 e. The number of nitrogens with zero attached hydrogens (tertiary/aromatic N) is 3. The third-order valence-corrected chi connectivity index (χ3v) is 4.26. The van der Waals surface area contributed by atoms with Gasteiger partial charge < -0.3 is 10.0 Å². The summed E-state index contributed by atoms with van der Waals surface area (Å²) in [5.41, 5.74) is 1.01. The van der Waals surface area contributed by atoms with Gasteiger partial charge in [-0.3, -0.25) is 4.79 Å². The van der Waals surface area contributed by atoms with E-state index in [1.165, 1.54) is 35.0 Å². The Kier molecular flexibility index (Phi) is 3.19. The third-order valence-electron chi connectivity index (χ3n) is 3.27. The lowest BCUT2D eigenvalue weighted by Crippen LogP contribution is -2.43. The minimum Gasteiger partial charge on any atom is -0.479 e. The van der Waals surface area contributed by atoms with Gasteiger partial charge in [-0.05, 0) is 23.4 Å². The molecule has 6 nitrogen and oxygen atoms in total. The Bertz CT molecular complexity index is 656. The van der Waals surface area contributed by atoms with E-state index in [2.05, 4.69) is 9.97 Å². The zero-order chi connectivity index (χ0) is 14.1. The molecule has 20 heavy (non-hydrogen) atoms. The van der Waals surface area contributed by atoms with Crippen LogP contribution in [0.25, 0.3) is 0 Å². The first-order chi connectivity index (χ1) is 9.68. The molecule has 0 radical (unpaired) electrons. The van der Waals surface area contributed by atoms with E-state index in [1.54, 1.807) is 6.07 Å². The Hall–Kier alpha value is -2.28. The van der Waals surface area contributed by atoms with Gasteiger partial charge >= 0.3 is 5.97 Å². The first kappa shape index (κ1) is 12.7. The monoisotopic (exact) mass is 289 g/mol. The molecule has 7 heteroatoms. The van der Waals surface area contributed by atoms with Crippen LogP contribution in [0, 0.1) is 0 Å². The van der Waals surface area contributed by atoms with Crippen LogP contribution in [0.15, 0.2) is 30.2 Å². The van der Waals surface area contributed by atoms with Crippen molar-refractivity contribution in [1.29, 1.82) is 0 Å². The van der Waals surface area contributed by atoms with Crippen LogP contribution < -0.4 is 0 Å². The molecule has 1 atom stereocenters. The van der Waals surface area contributed by atoms with Gasteiger partial charge in [0.05, 0.1) is 5.56 Å². The highest BCUT2D eigenvalue weighted by atomic mass is 32.1. The molecule has 3 heterocycles. The van der Waals surface area contributed by atoms with Crippen molar-refractivity contribution in [3.8, 4) is 0 Å². The molecule has 1 aliphatic heterocycles. The third kappa shape index (κ3) is 2.05. The summed E-state index contributed by atoms with van der Waals surface area (Å²) < 4.78 is 0. The van der Waals surface area contributed by atoms with Crippen molar-refractivity contribution in [2.24, 2.45) is 0 Å². The maximum absolute atomic E-state index is 12.4. The highest BCUT2D eigenvalue weighted by molar-refractivity contribution is 7.10. The molecule has 0 spiro atoms. The number of aliphatic carboxylic acids is 1. The molecular weight excluding hydrogens is 278 g/mol. The number of rotatable bonds is 2. The molecule has 0 saturated carbocycles. The maximum atomic E-state index is 12.4. The van der Waals surface area contributed by atoms with Gasteiger partial charge in [-0.2, -0.15) is 0 Å². The molecule has 1 amide bonds. The lowest BCUT2D eigenvalue weighted by atomic mass is 9.99. The van der Waals surface area contributed by atoms with Gasteiger partial charge in [0.2, 0.25) is 0 Å². The number of hydrogen-bond donors (Lipinski definition) is 1. The average Bonchev–Trinajstić information content (AvgIpc) is 2.94. The molecule has 102 valence electrons. The van der Waals surface area contributed by atoms with E-state index >= 15 is 0 Å². The van der Waals surface area contributed by atoms with Gasteiger partial charge in [0, 0.05) is 23.8 Å². The van der Waals surface area contributed by atoms with E-state index in [9.17, 15) is 14.7 Å². The van der Waals surface area contributed by atoms with Gasteiger partial charge in [-0.25, -0.2) is 14.8 Å². The minimum atomic E-state index is -1.02. The van der Waals surface area contributed by atoms with Crippen molar-refractivity contribution in [2.75, 3.05) is 6.54 Å². The summed E-state index contributed by atoms with van der Waals surface area (Å²) in [6.07, 6.45) is 4.81. The predicted molar refractivity (Wildman–Crippen MR) is 71.5 cm³/mol. The van der Waals surface area contributed by atoms with Crippen LogP contribution in [0.5, 0.6) is 0 Å². The molecule has 1 N–H and O–H groups in total. The number of fused-ring (bicyclic) bond motifs is 1. The van der Waals surface area contributed by atoms with Crippen LogP contribution in [-0.2, 0) is 11.2 Å². The number of carbonyl (C=O) groups excluding carboxylic acids is 1. The van der Waals surface area contributed by atoms with Gasteiger partial charge in [0.15, 0.2) is 6.04 Å². The highest BCUT2D eigenvalue weighted by Crippen LogP contribution is 2.34. The van der Waals surface area contributed by atoms with Crippen molar-refractivity contribution in [2.45, 2.75) is 12.5 Å². The lowest BCUT2D eigenvalue weighted by molar-refractivity contribution is -0.142. The standard InChI is InChI=1S/C13H11N3O3S/c17-12(8-5-14-7-15-6-8)16-3-1-10-9(2-4-20-10)11(16)13(18)19/h2,4-7,11H,1,3H2,(H,18,19). The fourth-order valence-electron chi connectivity index (χ4n) is 2.38. The van der Waals surface area contributed by atoms with E-state index in [4.69, 9.17) is 0 Å². The van der Waals surface area contributed by atoms with E-state index in [-0.39, 0.29) is 5.91 Å². The van der Waals surface area contributed by atoms with Crippen molar-refractivity contribution in [1.82, 2.24) is 14.9 Å². The summed E-state index contributed by atoms with van der Waals surface area (Å²) in [5.74, 6) is -1.37. The number of carboxylic acid groups (broad SMARTS) is 1. The van der Waals surface area contributed by atoms with Gasteiger partial charge in [0.1, 0.15) is 6.33 Å². The largest absolute Gasteiger partial charge is 0.479 e. The van der Waals surface area contributed by atoms with Crippen LogP contribution in [0.4, 0.5) is 0 Å². The lowest BCUT2D eigenvalue weighted by Gasteiger charge is -2.33. The van der Waals surface area contributed by atoms with Crippen LogP contribution in [0.3, 0.4) is 0 Å². The van der Waals surface area contributed by atoms with Crippen molar-refractivity contribution >= 4 is 23.2 Å². The zero-order valence-corrected chi connectivity index (χ0v) is 11.2. The van der Waals surface area contributed by atoms with Crippen molar-refractivity contribution < 1.29 is 14.7 Å². The van der Waals surface area contributed by atoms with E-state index in [0.29, 0.717) is 24.1 Å². The summed E-state index contributed by atoms with van der Waals surface area (Å²) in [7, 11) is 0.